The normalized spacial score (nSPS) is 14.8. The van der Waals surface area contributed by atoms with Gasteiger partial charge in [0, 0.05) is 24.4 Å². The van der Waals surface area contributed by atoms with E-state index in [9.17, 15) is 10.1 Å². The number of likely N-dealkylation sites (tertiary alicyclic amines) is 1. The number of ether oxygens (including phenoxy) is 1. The maximum absolute atomic E-state index is 10.9. The van der Waals surface area contributed by atoms with Gasteiger partial charge in [-0.05, 0) is 56.3 Å². The Morgan fingerprint density at radius 3 is 2.58 bits per heavy atom. The molecular weight excluding hydrogens is 332 g/mol. The third kappa shape index (κ3) is 3.52. The van der Waals surface area contributed by atoms with Gasteiger partial charge in [0.05, 0.1) is 16.8 Å². The summed E-state index contributed by atoms with van der Waals surface area (Å²) in [5.74, 6) is 0.840. The number of nitrogens with zero attached hydrogens (tertiary/aromatic N) is 4. The molecular formula is C19H20N4O3. The van der Waals surface area contributed by atoms with Crippen molar-refractivity contribution in [3.05, 3.63) is 58.9 Å². The second-order valence-corrected chi connectivity index (χ2v) is 6.46. The van der Waals surface area contributed by atoms with Crippen LogP contribution in [0.2, 0.25) is 0 Å². The minimum absolute atomic E-state index is 0.0446. The van der Waals surface area contributed by atoms with Crippen molar-refractivity contribution in [3.63, 3.8) is 0 Å². The maximum Gasteiger partial charge on any atom is 0.286 e. The fraction of sp³-hybridized carbons (Fsp3) is 0.316. The first-order valence-corrected chi connectivity index (χ1v) is 8.78. The molecule has 2 aromatic heterocycles. The zero-order valence-electron chi connectivity index (χ0n) is 14.4. The smallest absolute Gasteiger partial charge is 0.286 e. The molecule has 7 heteroatoms. The van der Waals surface area contributed by atoms with Crippen molar-refractivity contribution >= 4 is 11.3 Å². The molecule has 0 N–H and O–H groups in total. The lowest BCUT2D eigenvalue weighted by atomic mass is 10.2. The van der Waals surface area contributed by atoms with Crippen LogP contribution in [0.4, 0.5) is 5.69 Å². The van der Waals surface area contributed by atoms with Crippen LogP contribution in [0.25, 0.3) is 16.9 Å². The average Bonchev–Trinajstić information content (AvgIpc) is 3.31. The molecule has 7 nitrogen and oxygen atoms in total. The molecule has 0 bridgehead atoms. The molecule has 0 atom stereocenters. The van der Waals surface area contributed by atoms with E-state index in [0.717, 1.165) is 23.6 Å². The lowest BCUT2D eigenvalue weighted by Gasteiger charge is -2.14. The van der Waals surface area contributed by atoms with E-state index in [0.29, 0.717) is 12.3 Å². The standard InChI is InChI=1S/C19H20N4O3/c24-23(25)16-5-8-19-20-18(14-22(19)13-16)15-3-6-17(7-4-15)26-12-11-21-9-1-2-10-21/h3-8,13-14H,1-2,9-12H2. The minimum atomic E-state index is -0.409. The Hall–Kier alpha value is -2.93. The van der Waals surface area contributed by atoms with E-state index in [1.165, 1.54) is 38.2 Å². The summed E-state index contributed by atoms with van der Waals surface area (Å²) in [6, 6.07) is 10.9. The molecule has 0 aliphatic carbocycles. The van der Waals surface area contributed by atoms with E-state index in [-0.39, 0.29) is 5.69 Å². The second kappa shape index (κ2) is 7.13. The molecule has 0 unspecified atom stereocenters. The number of imidazole rings is 1. The monoisotopic (exact) mass is 352 g/mol. The van der Waals surface area contributed by atoms with Crippen LogP contribution in [0.1, 0.15) is 12.8 Å². The third-order valence-electron chi connectivity index (χ3n) is 4.67. The topological polar surface area (TPSA) is 72.9 Å². The molecule has 4 rings (SSSR count). The van der Waals surface area contributed by atoms with Crippen LogP contribution >= 0.6 is 0 Å². The highest BCUT2D eigenvalue weighted by Crippen LogP contribution is 2.23. The number of fused-ring (bicyclic) bond motifs is 1. The summed E-state index contributed by atoms with van der Waals surface area (Å²) in [6.07, 6.45) is 5.85. The average molecular weight is 352 g/mol. The van der Waals surface area contributed by atoms with Gasteiger partial charge in [-0.25, -0.2) is 4.98 Å². The molecule has 1 fully saturated rings. The van der Waals surface area contributed by atoms with Gasteiger partial charge in [0.25, 0.3) is 5.69 Å². The SMILES string of the molecule is O=[N+]([O-])c1ccc2nc(-c3ccc(OCCN4CCCC4)cc3)cn2c1. The van der Waals surface area contributed by atoms with E-state index in [1.807, 2.05) is 24.3 Å². The van der Waals surface area contributed by atoms with E-state index in [2.05, 4.69) is 9.88 Å². The van der Waals surface area contributed by atoms with Gasteiger partial charge in [-0.1, -0.05) is 0 Å². The van der Waals surface area contributed by atoms with Crippen LogP contribution < -0.4 is 4.74 Å². The highest BCUT2D eigenvalue weighted by atomic mass is 16.6. The predicted molar refractivity (Wildman–Crippen MR) is 98.5 cm³/mol. The Labute approximate surface area is 151 Å². The quantitative estimate of drug-likeness (QED) is 0.502. The predicted octanol–water partition coefficient (Wildman–Crippen LogP) is 3.38. The van der Waals surface area contributed by atoms with Gasteiger partial charge < -0.3 is 4.74 Å². The summed E-state index contributed by atoms with van der Waals surface area (Å²) in [5, 5.41) is 10.9. The molecule has 0 radical (unpaired) electrons. The number of rotatable bonds is 6. The molecule has 26 heavy (non-hydrogen) atoms. The zero-order chi connectivity index (χ0) is 17.9. The number of aromatic nitrogens is 2. The Kier molecular flexibility index (Phi) is 4.53. The van der Waals surface area contributed by atoms with E-state index >= 15 is 0 Å². The summed E-state index contributed by atoms with van der Waals surface area (Å²) in [5.41, 5.74) is 2.44. The lowest BCUT2D eigenvalue weighted by Crippen LogP contribution is -2.25. The minimum Gasteiger partial charge on any atom is -0.492 e. The fourth-order valence-electron chi connectivity index (χ4n) is 3.25. The first kappa shape index (κ1) is 16.5. The maximum atomic E-state index is 10.9. The van der Waals surface area contributed by atoms with Gasteiger partial charge in [-0.2, -0.15) is 0 Å². The van der Waals surface area contributed by atoms with Gasteiger partial charge in [0.15, 0.2) is 0 Å². The first-order valence-electron chi connectivity index (χ1n) is 8.78. The number of nitro groups is 1. The molecule has 3 heterocycles. The third-order valence-corrected chi connectivity index (χ3v) is 4.67. The molecule has 0 amide bonds. The number of hydrogen-bond acceptors (Lipinski definition) is 5. The van der Waals surface area contributed by atoms with Crippen LogP contribution in [0, 0.1) is 10.1 Å². The van der Waals surface area contributed by atoms with Crippen molar-refractivity contribution < 1.29 is 9.66 Å². The molecule has 3 aromatic rings. The molecule has 0 saturated carbocycles. The highest BCUT2D eigenvalue weighted by Gasteiger charge is 2.11. The molecule has 0 spiro atoms. The van der Waals surface area contributed by atoms with E-state index in [1.54, 1.807) is 16.7 Å². The highest BCUT2D eigenvalue weighted by molar-refractivity contribution is 5.63. The van der Waals surface area contributed by atoms with Crippen molar-refractivity contribution in [1.82, 2.24) is 14.3 Å². The lowest BCUT2D eigenvalue weighted by molar-refractivity contribution is -0.385. The van der Waals surface area contributed by atoms with E-state index in [4.69, 9.17) is 4.74 Å². The fourth-order valence-corrected chi connectivity index (χ4v) is 3.25. The Morgan fingerprint density at radius 1 is 1.08 bits per heavy atom. The molecule has 1 aromatic carbocycles. The largest absolute Gasteiger partial charge is 0.492 e. The van der Waals surface area contributed by atoms with Crippen LogP contribution in [-0.4, -0.2) is 45.4 Å². The van der Waals surface area contributed by atoms with Gasteiger partial charge in [-0.15, -0.1) is 0 Å². The number of pyridine rings is 1. The Bertz CT molecular complexity index is 914. The molecule has 1 aliphatic heterocycles. The summed E-state index contributed by atoms with van der Waals surface area (Å²) in [7, 11) is 0. The summed E-state index contributed by atoms with van der Waals surface area (Å²) in [6.45, 7) is 4.01. The van der Waals surface area contributed by atoms with Crippen molar-refractivity contribution in [2.45, 2.75) is 12.8 Å². The van der Waals surface area contributed by atoms with E-state index < -0.39 is 4.92 Å². The summed E-state index contributed by atoms with van der Waals surface area (Å²) < 4.78 is 7.49. The summed E-state index contributed by atoms with van der Waals surface area (Å²) >= 11 is 0. The van der Waals surface area contributed by atoms with Crippen molar-refractivity contribution in [2.24, 2.45) is 0 Å². The van der Waals surface area contributed by atoms with Gasteiger partial charge in [0.2, 0.25) is 0 Å². The second-order valence-electron chi connectivity index (χ2n) is 6.46. The van der Waals surface area contributed by atoms with Gasteiger partial charge >= 0.3 is 0 Å². The number of benzene rings is 1. The molecule has 134 valence electrons. The Morgan fingerprint density at radius 2 is 1.85 bits per heavy atom. The van der Waals surface area contributed by atoms with Gasteiger partial charge in [0.1, 0.15) is 18.0 Å². The van der Waals surface area contributed by atoms with Crippen molar-refractivity contribution in [3.8, 4) is 17.0 Å². The van der Waals surface area contributed by atoms with Crippen LogP contribution in [0.3, 0.4) is 0 Å². The first-order chi connectivity index (χ1) is 12.7. The van der Waals surface area contributed by atoms with Crippen molar-refractivity contribution in [2.75, 3.05) is 26.2 Å². The van der Waals surface area contributed by atoms with Gasteiger partial charge in [-0.3, -0.25) is 19.4 Å². The zero-order valence-corrected chi connectivity index (χ0v) is 14.4. The Balaban J connectivity index is 1.44. The van der Waals surface area contributed by atoms with Crippen LogP contribution in [0.5, 0.6) is 5.75 Å². The number of hydrogen-bond donors (Lipinski definition) is 0. The van der Waals surface area contributed by atoms with Crippen molar-refractivity contribution in [1.29, 1.82) is 0 Å². The van der Waals surface area contributed by atoms with Crippen LogP contribution in [-0.2, 0) is 0 Å². The summed E-state index contributed by atoms with van der Waals surface area (Å²) in [4.78, 5) is 17.4. The molecule has 1 aliphatic rings. The van der Waals surface area contributed by atoms with Crippen LogP contribution in [0.15, 0.2) is 48.8 Å². The molecule has 1 saturated heterocycles.